The van der Waals surface area contributed by atoms with Gasteiger partial charge in [0, 0.05) is 30.1 Å². The second kappa shape index (κ2) is 17.3. The average molecular weight is 827 g/mol. The Balaban J connectivity index is 1.30. The average Bonchev–Trinajstić information content (AvgIpc) is 3.71. The molecule has 0 aliphatic carbocycles. The molecule has 0 radical (unpaired) electrons. The van der Waals surface area contributed by atoms with E-state index >= 15 is 0 Å². The van der Waals surface area contributed by atoms with E-state index in [4.69, 9.17) is 38.3 Å². The highest BCUT2D eigenvalue weighted by Gasteiger charge is 2.60. The van der Waals surface area contributed by atoms with Crippen molar-refractivity contribution in [2.24, 2.45) is 33.8 Å². The Kier molecular flexibility index (Phi) is 12.7. The first kappa shape index (κ1) is 43.3. The number of rotatable bonds is 7. The molecule has 5 aliphatic rings. The van der Waals surface area contributed by atoms with E-state index in [2.05, 4.69) is 39.4 Å². The van der Waals surface area contributed by atoms with Gasteiger partial charge in [-0.2, -0.15) is 10.3 Å². The van der Waals surface area contributed by atoms with Gasteiger partial charge in [0.25, 0.3) is 0 Å². The van der Waals surface area contributed by atoms with Crippen LogP contribution in [0.5, 0.6) is 0 Å². The summed E-state index contributed by atoms with van der Waals surface area (Å²) >= 11 is 0. The van der Waals surface area contributed by atoms with Gasteiger partial charge in [-0.1, -0.05) is 32.9 Å². The van der Waals surface area contributed by atoms with E-state index in [9.17, 15) is 14.7 Å². The number of ether oxygens (including phenoxy) is 6. The van der Waals surface area contributed by atoms with Gasteiger partial charge in [0.15, 0.2) is 18.5 Å². The van der Waals surface area contributed by atoms with Gasteiger partial charge in [0.1, 0.15) is 23.4 Å². The lowest BCUT2D eigenvalue weighted by molar-refractivity contribution is -0.302. The van der Waals surface area contributed by atoms with Crippen LogP contribution >= 0.6 is 0 Å². The van der Waals surface area contributed by atoms with Crippen molar-refractivity contribution in [1.82, 2.24) is 30.2 Å². The highest BCUT2D eigenvalue weighted by molar-refractivity contribution is 5.91. The van der Waals surface area contributed by atoms with Crippen LogP contribution in [0, 0.1) is 23.7 Å². The summed E-state index contributed by atoms with van der Waals surface area (Å²) in [7, 11) is 3.86. The van der Waals surface area contributed by atoms with E-state index in [0.29, 0.717) is 54.9 Å². The number of pyridine rings is 1. The number of aromatic nitrogens is 4. The van der Waals surface area contributed by atoms with Crippen molar-refractivity contribution in [3.05, 3.63) is 17.8 Å². The van der Waals surface area contributed by atoms with Crippen molar-refractivity contribution in [2.75, 3.05) is 40.4 Å². The smallest absolute Gasteiger partial charge is 0.410 e. The largest absolute Gasteiger partial charge is 0.458 e. The molecule has 7 heterocycles. The van der Waals surface area contributed by atoms with Crippen LogP contribution in [0.15, 0.2) is 22.3 Å². The van der Waals surface area contributed by atoms with E-state index in [-0.39, 0.29) is 43.8 Å². The van der Waals surface area contributed by atoms with Gasteiger partial charge in [-0.3, -0.25) is 14.7 Å². The van der Waals surface area contributed by atoms with Gasteiger partial charge in [0.2, 0.25) is 5.65 Å². The third kappa shape index (κ3) is 8.45. The summed E-state index contributed by atoms with van der Waals surface area (Å²) in [6.07, 6.45) is -3.54. The molecule has 0 unspecified atom stereocenters. The summed E-state index contributed by atoms with van der Waals surface area (Å²) in [4.78, 5) is 47.3. The highest BCUT2D eigenvalue weighted by Crippen LogP contribution is 2.45. The molecule has 7 rings (SSSR count). The van der Waals surface area contributed by atoms with Gasteiger partial charge in [-0.05, 0) is 79.1 Å². The van der Waals surface area contributed by atoms with Gasteiger partial charge in [-0.25, -0.2) is 9.78 Å². The van der Waals surface area contributed by atoms with E-state index in [1.54, 1.807) is 24.0 Å². The summed E-state index contributed by atoms with van der Waals surface area (Å²) in [6, 6.07) is 2.92. The lowest BCUT2D eigenvalue weighted by Crippen LogP contribution is -2.60. The molecule has 14 atom stereocenters. The van der Waals surface area contributed by atoms with Crippen LogP contribution in [0.1, 0.15) is 80.3 Å². The van der Waals surface area contributed by atoms with Gasteiger partial charge >= 0.3 is 12.1 Å². The van der Waals surface area contributed by atoms with Crippen molar-refractivity contribution in [1.29, 1.82) is 0 Å². The molecule has 2 aromatic heterocycles. The topological polar surface area (TPSA) is 205 Å². The van der Waals surface area contributed by atoms with E-state index < -0.39 is 71.8 Å². The van der Waals surface area contributed by atoms with Crippen molar-refractivity contribution in [3.63, 3.8) is 0 Å². The summed E-state index contributed by atoms with van der Waals surface area (Å²) in [5.41, 5.74) is 0.794. The minimum Gasteiger partial charge on any atom is -0.458 e. The number of likely N-dealkylation sites (N-methyl/N-ethyl adjacent to an activating group) is 1. The van der Waals surface area contributed by atoms with Crippen molar-refractivity contribution in [2.45, 2.75) is 141 Å². The summed E-state index contributed by atoms with van der Waals surface area (Å²) in [5.74, 6) is -2.31. The maximum absolute atomic E-state index is 14.5. The van der Waals surface area contributed by atoms with Crippen molar-refractivity contribution in [3.8, 4) is 0 Å². The Morgan fingerprint density at radius 1 is 1.08 bits per heavy atom. The number of carbonyl (C=O) groups excluding carboxylic acids is 2. The van der Waals surface area contributed by atoms with Crippen LogP contribution in [-0.4, -0.2) is 159 Å². The van der Waals surface area contributed by atoms with Crippen LogP contribution in [-0.2, 0) is 44.7 Å². The number of esters is 1. The first-order chi connectivity index (χ1) is 28.0. The maximum atomic E-state index is 14.5. The third-order valence-electron chi connectivity index (χ3n) is 13.2. The molecule has 4 fully saturated rings. The molecule has 5 aliphatic heterocycles. The van der Waals surface area contributed by atoms with Crippen LogP contribution in [0.2, 0.25) is 0 Å². The van der Waals surface area contributed by atoms with Crippen LogP contribution in [0.3, 0.4) is 0 Å². The minimum atomic E-state index is -1.14. The highest BCUT2D eigenvalue weighted by atomic mass is 16.7. The molecule has 18 nitrogen and oxygen atoms in total. The third-order valence-corrected chi connectivity index (χ3v) is 13.2. The van der Waals surface area contributed by atoms with Gasteiger partial charge in [0.05, 0.1) is 61.3 Å². The number of oxime groups is 1. The zero-order valence-electron chi connectivity index (χ0n) is 36.0. The lowest BCUT2D eigenvalue weighted by Gasteiger charge is -2.48. The molecule has 0 saturated carbocycles. The van der Waals surface area contributed by atoms with Gasteiger partial charge < -0.3 is 43.3 Å². The van der Waals surface area contributed by atoms with Crippen molar-refractivity contribution < 1.29 is 48.0 Å². The Bertz CT molecular complexity index is 1890. The number of aliphatic imine (C=N–C) groups is 1. The number of carbonyl (C=O) groups is 2. The van der Waals surface area contributed by atoms with Crippen molar-refractivity contribution >= 4 is 34.6 Å². The van der Waals surface area contributed by atoms with Crippen LogP contribution in [0.25, 0.3) is 11.2 Å². The molecule has 2 N–H and O–H groups in total. The van der Waals surface area contributed by atoms with E-state index in [0.717, 1.165) is 5.71 Å². The molecule has 0 aromatic carbocycles. The van der Waals surface area contributed by atoms with Crippen LogP contribution < -0.4 is 0 Å². The lowest BCUT2D eigenvalue weighted by atomic mass is 9.72. The zero-order chi connectivity index (χ0) is 42.4. The summed E-state index contributed by atoms with van der Waals surface area (Å²) < 4.78 is 39.8. The molecular weight excluding hydrogens is 764 g/mol. The predicted octanol–water partition coefficient (Wildman–Crippen LogP) is 3.51. The molecule has 1 amide bonds. The Hall–Kier alpha value is -3.81. The number of fused-ring (bicyclic) bond motifs is 5. The number of hydrogen-bond acceptors (Lipinski definition) is 16. The van der Waals surface area contributed by atoms with Crippen LogP contribution in [0.4, 0.5) is 4.79 Å². The molecule has 18 heteroatoms. The molecule has 0 spiro atoms. The SMILES string of the molecule is CC[C@H]1OC(=O)[C@H](C)[C@H]2OC/C(=N\OCc3ccc4n[nH]nc4n3)CO[C@](C)(C[C@@H](C)C3=NCCN4C(=O)O[C@@]1(C)[C@H]4[C@H]3C)[C@H](O[C@H]1O[C@@H](C)C[C@@H](N(C)C)[C@@H]1O)[C@H]2C. The molecule has 326 valence electrons. The number of H-pyrrole nitrogens is 1. The second-order valence-electron chi connectivity index (χ2n) is 17.8. The molecule has 59 heavy (non-hydrogen) atoms. The Morgan fingerprint density at radius 3 is 2.61 bits per heavy atom. The monoisotopic (exact) mass is 826 g/mol. The number of cyclic esters (lactones) is 1. The Morgan fingerprint density at radius 2 is 1.86 bits per heavy atom. The number of hydrogen-bond donors (Lipinski definition) is 2. The molecule has 4 saturated heterocycles. The standard InChI is InChI=1S/C41H62N8O10/c1-11-30-41(8)34-23(4)31(42-14-15-49(34)39(52)59-41)21(2)17-40(7)35(58-38-32(50)29(48(9)10)16-22(3)56-38)24(5)33(25(6)37(51)57-30)53-18-27(19-54-40)46-55-20-26-12-13-28-36(43-26)45-47-44-28/h12-13,21-25,29-30,32-35,38,50H,11,14-20H2,1-10H3,(H,43,44,45,47)/b46-27+/t21-,22+,23+,24+,25-,29-,30-,32+,33+,34-,35-,38-,40-,41-/m1/s1. The van der Waals surface area contributed by atoms with E-state index in [1.165, 1.54) is 0 Å². The first-order valence-electron chi connectivity index (χ1n) is 21.0. The predicted molar refractivity (Wildman–Crippen MR) is 214 cm³/mol. The first-order valence-corrected chi connectivity index (χ1v) is 21.0. The number of nitrogens with zero attached hydrogens (tertiary/aromatic N) is 7. The summed E-state index contributed by atoms with van der Waals surface area (Å²) in [5, 5.41) is 26.9. The Labute approximate surface area is 345 Å². The quantitative estimate of drug-likeness (QED) is 0.303. The van der Waals surface area contributed by atoms with Gasteiger partial charge in [-0.15, -0.1) is 5.10 Å². The minimum absolute atomic E-state index is 0.00134. The fraction of sp³-hybridized carbons (Fsp3) is 0.780. The normalized spacial score (nSPS) is 40.4. The molecule has 2 aromatic rings. The fourth-order valence-electron chi connectivity index (χ4n) is 10.3. The number of aliphatic hydroxyl groups is 1. The zero-order valence-corrected chi connectivity index (χ0v) is 36.0. The fourth-order valence-corrected chi connectivity index (χ4v) is 10.3. The number of aromatic amines is 1. The second-order valence-corrected chi connectivity index (χ2v) is 17.8. The number of amides is 1. The maximum Gasteiger partial charge on any atom is 0.410 e. The number of aliphatic hydroxyl groups excluding tert-OH is 1. The molecular formula is C41H62N8O10. The molecule has 4 bridgehead atoms. The number of nitrogens with one attached hydrogen (secondary N) is 1. The summed E-state index contributed by atoms with van der Waals surface area (Å²) in [6.45, 7) is 16.5. The van der Waals surface area contributed by atoms with E-state index in [1.807, 2.05) is 53.6 Å².